The monoisotopic (exact) mass is 478 g/mol. The Morgan fingerprint density at radius 2 is 1.62 bits per heavy atom. The van der Waals surface area contributed by atoms with Gasteiger partial charge in [0.1, 0.15) is 11.5 Å². The van der Waals surface area contributed by atoms with Crippen LogP contribution in [0.1, 0.15) is 38.1 Å². The number of rotatable bonds is 8. The molecule has 156 valence electrons. The molecule has 0 saturated heterocycles. The highest BCUT2D eigenvalue weighted by atomic mass is 79.9. The molecule has 2 aromatic carbocycles. The summed E-state index contributed by atoms with van der Waals surface area (Å²) in [6, 6.07) is 12.6. The molecule has 7 heteroatoms. The fourth-order valence-corrected chi connectivity index (χ4v) is 2.95. The Kier molecular flexibility index (Phi) is 8.92. The number of benzene rings is 2. The Hall–Kier alpha value is -2.12. The number of amides is 1. The summed E-state index contributed by atoms with van der Waals surface area (Å²) in [5.74, 6) is 2.09. The van der Waals surface area contributed by atoms with Crippen molar-refractivity contribution in [3.05, 3.63) is 52.5 Å². The van der Waals surface area contributed by atoms with Crippen LogP contribution in [0.5, 0.6) is 11.5 Å². The van der Waals surface area contributed by atoms with E-state index in [1.807, 2.05) is 24.3 Å². The number of carbonyl (C=O) groups excluding carboxylic acids is 1. The standard InChI is InChI=1S/C22H27BrN2O3S/c1-14(2)12-27-18-8-6-17(7-9-18)24-22(29)25-21(26)16-5-10-20(19(23)11-16)28-13-15(3)4/h5-11,14-15H,12-13H2,1-4H3,(H2,24,25,26,29). The van der Waals surface area contributed by atoms with Crippen molar-refractivity contribution < 1.29 is 14.3 Å². The SMILES string of the molecule is CC(C)COc1ccc(NC(=S)NC(=O)c2ccc(OCC(C)C)c(Br)c2)cc1. The van der Waals surface area contributed by atoms with Crippen LogP contribution in [0.4, 0.5) is 5.69 Å². The van der Waals surface area contributed by atoms with E-state index in [0.717, 1.165) is 15.9 Å². The molecule has 0 aromatic heterocycles. The third-order valence-electron chi connectivity index (χ3n) is 3.69. The molecular formula is C22H27BrN2O3S. The molecule has 0 radical (unpaired) electrons. The van der Waals surface area contributed by atoms with Crippen molar-refractivity contribution in [1.29, 1.82) is 0 Å². The first-order valence-corrected chi connectivity index (χ1v) is 10.7. The van der Waals surface area contributed by atoms with Crippen LogP contribution < -0.4 is 20.1 Å². The van der Waals surface area contributed by atoms with Gasteiger partial charge in [0.2, 0.25) is 0 Å². The summed E-state index contributed by atoms with van der Waals surface area (Å²) in [6.45, 7) is 9.63. The second kappa shape index (κ2) is 11.2. The number of hydrogen-bond donors (Lipinski definition) is 2. The average molecular weight is 479 g/mol. The number of thiocarbonyl (C=S) groups is 1. The summed E-state index contributed by atoms with van der Waals surface area (Å²) in [4.78, 5) is 12.5. The maximum Gasteiger partial charge on any atom is 0.257 e. The molecule has 1 amide bonds. The number of carbonyl (C=O) groups is 1. The minimum absolute atomic E-state index is 0.224. The van der Waals surface area contributed by atoms with Crippen LogP contribution in [0, 0.1) is 11.8 Å². The Labute approximate surface area is 186 Å². The van der Waals surface area contributed by atoms with Crippen molar-refractivity contribution in [2.24, 2.45) is 11.8 Å². The van der Waals surface area contributed by atoms with E-state index in [1.54, 1.807) is 18.2 Å². The number of hydrogen-bond acceptors (Lipinski definition) is 4. The zero-order valence-corrected chi connectivity index (χ0v) is 19.5. The maximum atomic E-state index is 12.5. The predicted octanol–water partition coefficient (Wildman–Crippen LogP) is 5.65. The molecule has 0 atom stereocenters. The molecule has 2 rings (SSSR count). The van der Waals surface area contributed by atoms with E-state index in [4.69, 9.17) is 21.7 Å². The highest BCUT2D eigenvalue weighted by molar-refractivity contribution is 9.10. The van der Waals surface area contributed by atoms with E-state index in [-0.39, 0.29) is 11.0 Å². The van der Waals surface area contributed by atoms with Gasteiger partial charge >= 0.3 is 0 Å². The summed E-state index contributed by atoms with van der Waals surface area (Å²) in [7, 11) is 0. The van der Waals surface area contributed by atoms with Crippen LogP contribution in [0.3, 0.4) is 0 Å². The molecule has 29 heavy (non-hydrogen) atoms. The van der Waals surface area contributed by atoms with Gasteiger partial charge in [-0.3, -0.25) is 10.1 Å². The third kappa shape index (κ3) is 8.03. The smallest absolute Gasteiger partial charge is 0.257 e. The van der Waals surface area contributed by atoms with Gasteiger partial charge in [-0.1, -0.05) is 27.7 Å². The van der Waals surface area contributed by atoms with Crippen LogP contribution in [0.15, 0.2) is 46.9 Å². The summed E-state index contributed by atoms with van der Waals surface area (Å²) in [5.41, 5.74) is 1.25. The Balaban J connectivity index is 1.90. The molecule has 0 aliphatic heterocycles. The first kappa shape index (κ1) is 23.2. The minimum Gasteiger partial charge on any atom is -0.493 e. The van der Waals surface area contributed by atoms with Crippen LogP contribution in [0.25, 0.3) is 0 Å². The fourth-order valence-electron chi connectivity index (χ4n) is 2.25. The van der Waals surface area contributed by atoms with Gasteiger partial charge in [0, 0.05) is 11.3 Å². The Bertz CT molecular complexity index is 838. The van der Waals surface area contributed by atoms with Gasteiger partial charge in [0.25, 0.3) is 5.91 Å². The number of nitrogens with one attached hydrogen (secondary N) is 2. The number of anilines is 1. The van der Waals surface area contributed by atoms with E-state index in [0.29, 0.717) is 36.4 Å². The van der Waals surface area contributed by atoms with Crippen LogP contribution in [0.2, 0.25) is 0 Å². The van der Waals surface area contributed by atoms with Gasteiger partial charge in [-0.15, -0.1) is 0 Å². The summed E-state index contributed by atoms with van der Waals surface area (Å²) < 4.78 is 12.1. The fraction of sp³-hybridized carbons (Fsp3) is 0.364. The maximum absolute atomic E-state index is 12.5. The number of ether oxygens (including phenoxy) is 2. The molecule has 0 heterocycles. The third-order valence-corrected chi connectivity index (χ3v) is 4.51. The molecule has 2 N–H and O–H groups in total. The van der Waals surface area contributed by atoms with Gasteiger partial charge in [0.05, 0.1) is 17.7 Å². The van der Waals surface area contributed by atoms with Crippen molar-refractivity contribution in [3.63, 3.8) is 0 Å². The first-order chi connectivity index (χ1) is 13.7. The lowest BCUT2D eigenvalue weighted by Crippen LogP contribution is -2.34. The number of halogens is 1. The van der Waals surface area contributed by atoms with Gasteiger partial charge < -0.3 is 14.8 Å². The topological polar surface area (TPSA) is 59.6 Å². The zero-order valence-electron chi connectivity index (χ0n) is 17.1. The highest BCUT2D eigenvalue weighted by Gasteiger charge is 2.11. The van der Waals surface area contributed by atoms with E-state index >= 15 is 0 Å². The highest BCUT2D eigenvalue weighted by Crippen LogP contribution is 2.26. The molecule has 0 aliphatic carbocycles. The lowest BCUT2D eigenvalue weighted by atomic mass is 10.2. The Morgan fingerprint density at radius 3 is 2.21 bits per heavy atom. The van der Waals surface area contributed by atoms with E-state index in [1.165, 1.54) is 0 Å². The lowest BCUT2D eigenvalue weighted by molar-refractivity contribution is 0.0977. The van der Waals surface area contributed by atoms with Crippen molar-refractivity contribution >= 4 is 44.9 Å². The van der Waals surface area contributed by atoms with Crippen molar-refractivity contribution in [3.8, 4) is 11.5 Å². The summed E-state index contributed by atoms with van der Waals surface area (Å²) >= 11 is 8.70. The van der Waals surface area contributed by atoms with Crippen LogP contribution in [-0.4, -0.2) is 24.2 Å². The second-order valence-electron chi connectivity index (χ2n) is 7.49. The first-order valence-electron chi connectivity index (χ1n) is 9.52. The summed E-state index contributed by atoms with van der Waals surface area (Å²) in [6.07, 6.45) is 0. The van der Waals surface area contributed by atoms with Gasteiger partial charge in [-0.25, -0.2) is 0 Å². The molecule has 5 nitrogen and oxygen atoms in total. The predicted molar refractivity (Wildman–Crippen MR) is 125 cm³/mol. The summed E-state index contributed by atoms with van der Waals surface area (Å²) in [5, 5.41) is 5.91. The van der Waals surface area contributed by atoms with E-state index in [2.05, 4.69) is 54.3 Å². The normalized spacial score (nSPS) is 10.7. The second-order valence-corrected chi connectivity index (χ2v) is 8.75. The van der Waals surface area contributed by atoms with Crippen molar-refractivity contribution in [1.82, 2.24) is 5.32 Å². The molecule has 0 spiro atoms. The average Bonchev–Trinajstić information content (AvgIpc) is 2.66. The molecule has 0 unspecified atom stereocenters. The largest absolute Gasteiger partial charge is 0.493 e. The molecule has 0 fully saturated rings. The molecular weight excluding hydrogens is 452 g/mol. The van der Waals surface area contributed by atoms with E-state index in [9.17, 15) is 4.79 Å². The molecule has 0 bridgehead atoms. The minimum atomic E-state index is -0.296. The molecule has 2 aromatic rings. The van der Waals surface area contributed by atoms with Gasteiger partial charge in [0.15, 0.2) is 5.11 Å². The zero-order chi connectivity index (χ0) is 21.4. The van der Waals surface area contributed by atoms with Crippen molar-refractivity contribution in [2.45, 2.75) is 27.7 Å². The van der Waals surface area contributed by atoms with Gasteiger partial charge in [-0.2, -0.15) is 0 Å². The quantitative estimate of drug-likeness (QED) is 0.480. The van der Waals surface area contributed by atoms with Gasteiger partial charge in [-0.05, 0) is 82.4 Å². The Morgan fingerprint density at radius 1 is 1.00 bits per heavy atom. The lowest BCUT2D eigenvalue weighted by Gasteiger charge is -2.13. The molecule has 0 saturated carbocycles. The van der Waals surface area contributed by atoms with Crippen LogP contribution in [-0.2, 0) is 0 Å². The molecule has 0 aliphatic rings. The van der Waals surface area contributed by atoms with Crippen LogP contribution >= 0.6 is 28.1 Å². The van der Waals surface area contributed by atoms with E-state index < -0.39 is 0 Å². The van der Waals surface area contributed by atoms with Crippen molar-refractivity contribution in [2.75, 3.05) is 18.5 Å².